The number of rotatable bonds is 8. The predicted molar refractivity (Wildman–Crippen MR) is 107 cm³/mol. The van der Waals surface area contributed by atoms with Crippen molar-refractivity contribution in [2.75, 3.05) is 24.6 Å². The summed E-state index contributed by atoms with van der Waals surface area (Å²) in [5, 5.41) is 2.72. The quantitative estimate of drug-likeness (QED) is 0.564. The molecule has 0 radical (unpaired) electrons. The Bertz CT molecular complexity index is 907. The number of fused-ring (bicyclic) bond motifs is 1. The number of carbonyl (C=O) groups is 3. The lowest BCUT2D eigenvalue weighted by Crippen LogP contribution is -2.30. The highest BCUT2D eigenvalue weighted by Crippen LogP contribution is 2.28. The van der Waals surface area contributed by atoms with Gasteiger partial charge in [-0.2, -0.15) is 0 Å². The Hall–Kier alpha value is -3.15. The molecule has 6 heteroatoms. The van der Waals surface area contributed by atoms with E-state index in [2.05, 4.69) is 5.32 Å². The zero-order valence-corrected chi connectivity index (χ0v) is 16.2. The Balaban J connectivity index is 1.46. The van der Waals surface area contributed by atoms with E-state index in [0.29, 0.717) is 17.9 Å². The van der Waals surface area contributed by atoms with Gasteiger partial charge in [0.05, 0.1) is 0 Å². The van der Waals surface area contributed by atoms with Gasteiger partial charge >= 0.3 is 0 Å². The summed E-state index contributed by atoms with van der Waals surface area (Å²) in [6.45, 7) is 4.76. The van der Waals surface area contributed by atoms with Crippen LogP contribution in [-0.4, -0.2) is 37.8 Å². The van der Waals surface area contributed by atoms with Crippen molar-refractivity contribution >= 4 is 23.8 Å². The summed E-state index contributed by atoms with van der Waals surface area (Å²) in [5.41, 5.74) is 4.59. The van der Waals surface area contributed by atoms with Crippen LogP contribution in [0, 0.1) is 13.8 Å². The number of carbonyl (C=O) groups excluding carboxylic acids is 3. The minimum atomic E-state index is -0.260. The summed E-state index contributed by atoms with van der Waals surface area (Å²) >= 11 is 0. The molecule has 2 aromatic carbocycles. The van der Waals surface area contributed by atoms with E-state index in [1.54, 1.807) is 17.0 Å². The minimum Gasteiger partial charge on any atom is -0.483 e. The fraction of sp³-hybridized carbons (Fsp3) is 0.318. The molecule has 2 amide bonds. The van der Waals surface area contributed by atoms with Gasteiger partial charge in [-0.25, -0.2) is 0 Å². The summed E-state index contributed by atoms with van der Waals surface area (Å²) in [6.07, 6.45) is 1.77. The lowest BCUT2D eigenvalue weighted by molar-refractivity contribution is -0.123. The van der Waals surface area contributed by atoms with Gasteiger partial charge in [0, 0.05) is 30.8 Å². The van der Waals surface area contributed by atoms with Gasteiger partial charge in [0.15, 0.2) is 12.4 Å². The molecule has 0 saturated heterocycles. The van der Waals surface area contributed by atoms with E-state index in [1.165, 1.54) is 0 Å². The number of ketones is 1. The standard InChI is InChI=1S/C22H24N2O4/c1-15-4-3-5-21(16(15)2)28-13-22(27)23-10-8-20(26)18-6-7-19-17(12-18)9-11-24(19)14-25/h3-7,12,14H,8-11,13H2,1-2H3,(H,23,27). The predicted octanol–water partition coefficient (Wildman–Crippen LogP) is 2.59. The van der Waals surface area contributed by atoms with Gasteiger partial charge in [-0.05, 0) is 61.2 Å². The average molecular weight is 380 g/mol. The molecule has 146 valence electrons. The first kappa shape index (κ1) is 19.6. The number of benzene rings is 2. The molecule has 0 saturated carbocycles. The van der Waals surface area contributed by atoms with Crippen molar-refractivity contribution in [2.45, 2.75) is 26.7 Å². The summed E-state index contributed by atoms with van der Waals surface area (Å²) in [6, 6.07) is 11.1. The highest BCUT2D eigenvalue weighted by atomic mass is 16.5. The van der Waals surface area contributed by atoms with Crippen LogP contribution in [0.25, 0.3) is 0 Å². The molecular weight excluding hydrogens is 356 g/mol. The van der Waals surface area contributed by atoms with Crippen molar-refractivity contribution in [2.24, 2.45) is 0 Å². The molecule has 1 aliphatic heterocycles. The fourth-order valence-corrected chi connectivity index (χ4v) is 3.24. The molecule has 0 aliphatic carbocycles. The monoisotopic (exact) mass is 380 g/mol. The number of anilines is 1. The molecular formula is C22H24N2O4. The second-order valence-corrected chi connectivity index (χ2v) is 6.90. The third kappa shape index (κ3) is 4.39. The lowest BCUT2D eigenvalue weighted by Gasteiger charge is -2.11. The van der Waals surface area contributed by atoms with Crippen molar-refractivity contribution in [3.63, 3.8) is 0 Å². The third-order valence-electron chi connectivity index (χ3n) is 5.05. The molecule has 0 bridgehead atoms. The summed E-state index contributed by atoms with van der Waals surface area (Å²) < 4.78 is 5.56. The SMILES string of the molecule is Cc1cccc(OCC(=O)NCCC(=O)c2ccc3c(c2)CCN3C=O)c1C. The smallest absolute Gasteiger partial charge is 0.257 e. The second-order valence-electron chi connectivity index (χ2n) is 6.90. The molecule has 0 aromatic heterocycles. The van der Waals surface area contributed by atoms with Crippen molar-refractivity contribution < 1.29 is 19.1 Å². The maximum absolute atomic E-state index is 12.4. The van der Waals surface area contributed by atoms with E-state index in [-0.39, 0.29) is 31.3 Å². The fourth-order valence-electron chi connectivity index (χ4n) is 3.24. The van der Waals surface area contributed by atoms with Gasteiger partial charge < -0.3 is 15.0 Å². The van der Waals surface area contributed by atoms with Crippen molar-refractivity contribution in [3.05, 3.63) is 58.7 Å². The molecule has 3 rings (SSSR count). The van der Waals surface area contributed by atoms with Crippen LogP contribution in [0.5, 0.6) is 5.75 Å². The summed E-state index contributed by atoms with van der Waals surface area (Å²) in [4.78, 5) is 37.0. The number of nitrogens with one attached hydrogen (secondary N) is 1. The molecule has 0 unspecified atom stereocenters. The van der Waals surface area contributed by atoms with E-state index in [9.17, 15) is 14.4 Å². The minimum absolute atomic E-state index is 0.0388. The lowest BCUT2D eigenvalue weighted by atomic mass is 10.0. The Kier molecular flexibility index (Phi) is 6.09. The Labute approximate surface area is 164 Å². The van der Waals surface area contributed by atoms with Crippen molar-refractivity contribution in [3.8, 4) is 5.75 Å². The molecule has 0 atom stereocenters. The Morgan fingerprint density at radius 2 is 2.04 bits per heavy atom. The number of aryl methyl sites for hydroxylation is 1. The second kappa shape index (κ2) is 8.69. The molecule has 6 nitrogen and oxygen atoms in total. The van der Waals surface area contributed by atoms with E-state index in [4.69, 9.17) is 4.74 Å². The third-order valence-corrected chi connectivity index (χ3v) is 5.05. The van der Waals surface area contributed by atoms with Crippen molar-refractivity contribution in [1.82, 2.24) is 5.32 Å². The van der Waals surface area contributed by atoms with Crippen LogP contribution in [0.15, 0.2) is 36.4 Å². The van der Waals surface area contributed by atoms with Crippen LogP contribution in [0.1, 0.15) is 33.5 Å². The Morgan fingerprint density at radius 1 is 1.21 bits per heavy atom. The molecule has 1 N–H and O–H groups in total. The molecule has 0 spiro atoms. The molecule has 1 aliphatic rings. The number of ether oxygens (including phenoxy) is 1. The highest BCUT2D eigenvalue weighted by Gasteiger charge is 2.19. The molecule has 28 heavy (non-hydrogen) atoms. The van der Waals surface area contributed by atoms with E-state index in [1.807, 2.05) is 38.1 Å². The van der Waals surface area contributed by atoms with Gasteiger partial charge in [0.1, 0.15) is 5.75 Å². The van der Waals surface area contributed by atoms with Gasteiger partial charge in [-0.3, -0.25) is 14.4 Å². The maximum atomic E-state index is 12.4. The molecule has 0 fully saturated rings. The van der Waals surface area contributed by atoms with E-state index in [0.717, 1.165) is 35.2 Å². The zero-order chi connectivity index (χ0) is 20.1. The van der Waals surface area contributed by atoms with Gasteiger partial charge in [-0.1, -0.05) is 12.1 Å². The zero-order valence-electron chi connectivity index (χ0n) is 16.2. The largest absolute Gasteiger partial charge is 0.483 e. The van der Waals surface area contributed by atoms with Crippen LogP contribution in [0.4, 0.5) is 5.69 Å². The number of hydrogen-bond donors (Lipinski definition) is 1. The van der Waals surface area contributed by atoms with Crippen molar-refractivity contribution in [1.29, 1.82) is 0 Å². The molecule has 1 heterocycles. The number of nitrogens with zero attached hydrogens (tertiary/aromatic N) is 1. The maximum Gasteiger partial charge on any atom is 0.257 e. The first-order valence-corrected chi connectivity index (χ1v) is 9.33. The van der Waals surface area contributed by atoms with Crippen LogP contribution in [0.2, 0.25) is 0 Å². The summed E-state index contributed by atoms with van der Waals surface area (Å²) in [7, 11) is 0. The normalized spacial score (nSPS) is 12.4. The number of hydrogen-bond acceptors (Lipinski definition) is 4. The van der Waals surface area contributed by atoms with Crippen LogP contribution in [0.3, 0.4) is 0 Å². The first-order chi connectivity index (χ1) is 13.5. The van der Waals surface area contributed by atoms with Crippen LogP contribution < -0.4 is 15.0 Å². The van der Waals surface area contributed by atoms with E-state index >= 15 is 0 Å². The van der Waals surface area contributed by atoms with Gasteiger partial charge in [-0.15, -0.1) is 0 Å². The Morgan fingerprint density at radius 3 is 2.82 bits per heavy atom. The average Bonchev–Trinajstić information content (AvgIpc) is 3.11. The van der Waals surface area contributed by atoms with E-state index < -0.39 is 0 Å². The first-order valence-electron chi connectivity index (χ1n) is 9.33. The summed E-state index contributed by atoms with van der Waals surface area (Å²) in [5.74, 6) is 0.390. The number of Topliss-reactive ketones (excluding diaryl/α,β-unsaturated/α-hetero) is 1. The number of amides is 2. The molecule has 2 aromatic rings. The van der Waals surface area contributed by atoms with Crippen LogP contribution in [-0.2, 0) is 16.0 Å². The highest BCUT2D eigenvalue weighted by molar-refractivity contribution is 5.97. The van der Waals surface area contributed by atoms with Gasteiger partial charge in [0.25, 0.3) is 5.91 Å². The topological polar surface area (TPSA) is 75.7 Å². The van der Waals surface area contributed by atoms with Gasteiger partial charge in [0.2, 0.25) is 6.41 Å². The van der Waals surface area contributed by atoms with Crippen LogP contribution >= 0.6 is 0 Å².